The third kappa shape index (κ3) is 3.53. The van der Waals surface area contributed by atoms with Crippen molar-refractivity contribution in [2.45, 2.75) is 6.92 Å². The number of halogens is 3. The maximum atomic E-state index is 5.99. The van der Waals surface area contributed by atoms with Gasteiger partial charge in [0.05, 0.1) is 21.7 Å². The molecular formula is C11H9Cl3N4O2. The summed E-state index contributed by atoms with van der Waals surface area (Å²) >= 11 is 17.7. The molecule has 0 bridgehead atoms. The van der Waals surface area contributed by atoms with Crippen LogP contribution in [0, 0.1) is 0 Å². The van der Waals surface area contributed by atoms with Crippen LogP contribution in [0.2, 0.25) is 15.1 Å². The van der Waals surface area contributed by atoms with Crippen molar-refractivity contribution >= 4 is 40.8 Å². The van der Waals surface area contributed by atoms with E-state index in [4.69, 9.17) is 50.0 Å². The number of anilines is 1. The van der Waals surface area contributed by atoms with Gasteiger partial charge in [0.25, 0.3) is 0 Å². The van der Waals surface area contributed by atoms with Crippen molar-refractivity contribution in [1.29, 1.82) is 0 Å². The van der Waals surface area contributed by atoms with E-state index in [-0.39, 0.29) is 33.8 Å². The molecule has 6 nitrogen and oxygen atoms in total. The summed E-state index contributed by atoms with van der Waals surface area (Å²) in [7, 11) is 0. The number of nitrogens with zero attached hydrogens (tertiary/aromatic N) is 3. The second kappa shape index (κ2) is 6.30. The molecule has 0 aliphatic heterocycles. The van der Waals surface area contributed by atoms with Crippen LogP contribution in [-0.4, -0.2) is 21.6 Å². The first-order chi connectivity index (χ1) is 9.49. The van der Waals surface area contributed by atoms with Crippen LogP contribution in [0.25, 0.3) is 0 Å². The maximum Gasteiger partial charge on any atom is 0.330 e. The number of aromatic nitrogens is 3. The highest BCUT2D eigenvalue weighted by atomic mass is 35.5. The average molecular weight is 336 g/mol. The number of rotatable bonds is 4. The van der Waals surface area contributed by atoms with Gasteiger partial charge in [0.15, 0.2) is 5.75 Å². The Morgan fingerprint density at radius 1 is 1.00 bits per heavy atom. The Hall–Kier alpha value is -1.50. The molecule has 2 N–H and O–H groups in total. The molecular weight excluding hydrogens is 327 g/mol. The molecule has 0 radical (unpaired) electrons. The normalized spacial score (nSPS) is 10.4. The summed E-state index contributed by atoms with van der Waals surface area (Å²) < 4.78 is 10.6. The SMILES string of the molecule is CCOc1nc(N)nc(Oc2cc(Cl)c(Cl)cc2Cl)n1. The van der Waals surface area contributed by atoms with Gasteiger partial charge in [-0.15, -0.1) is 4.98 Å². The van der Waals surface area contributed by atoms with E-state index in [9.17, 15) is 0 Å². The highest BCUT2D eigenvalue weighted by molar-refractivity contribution is 6.43. The van der Waals surface area contributed by atoms with Crippen molar-refractivity contribution < 1.29 is 9.47 Å². The second-order valence-corrected chi connectivity index (χ2v) is 4.71. The Bertz CT molecular complexity index is 639. The first-order valence-electron chi connectivity index (χ1n) is 5.46. The highest BCUT2D eigenvalue weighted by Crippen LogP contribution is 2.35. The van der Waals surface area contributed by atoms with Crippen LogP contribution in [0.15, 0.2) is 12.1 Å². The van der Waals surface area contributed by atoms with Crippen molar-refractivity contribution in [1.82, 2.24) is 15.0 Å². The summed E-state index contributed by atoms with van der Waals surface area (Å²) in [6, 6.07) is 2.91. The predicted octanol–water partition coefficient (Wildman–Crippen LogP) is 3.61. The van der Waals surface area contributed by atoms with Crippen molar-refractivity contribution in [3.8, 4) is 17.8 Å². The van der Waals surface area contributed by atoms with Gasteiger partial charge in [0.2, 0.25) is 5.95 Å². The van der Waals surface area contributed by atoms with Crippen molar-refractivity contribution in [2.75, 3.05) is 12.3 Å². The average Bonchev–Trinajstić information content (AvgIpc) is 2.35. The lowest BCUT2D eigenvalue weighted by Gasteiger charge is -2.08. The third-order valence-electron chi connectivity index (χ3n) is 2.06. The van der Waals surface area contributed by atoms with Crippen LogP contribution >= 0.6 is 34.8 Å². The monoisotopic (exact) mass is 334 g/mol. The van der Waals surface area contributed by atoms with Gasteiger partial charge in [-0.1, -0.05) is 34.8 Å². The van der Waals surface area contributed by atoms with Gasteiger partial charge in [-0.25, -0.2) is 0 Å². The van der Waals surface area contributed by atoms with Crippen LogP contribution < -0.4 is 15.2 Å². The molecule has 1 aromatic heterocycles. The number of nitrogen functional groups attached to an aromatic ring is 1. The van der Waals surface area contributed by atoms with E-state index >= 15 is 0 Å². The van der Waals surface area contributed by atoms with Gasteiger partial charge < -0.3 is 15.2 Å². The van der Waals surface area contributed by atoms with Crippen LogP contribution in [0.4, 0.5) is 5.95 Å². The van der Waals surface area contributed by atoms with Gasteiger partial charge in [-0.05, 0) is 13.0 Å². The quantitative estimate of drug-likeness (QED) is 0.859. The standard InChI is InChI=1S/C11H9Cl3N4O2/c1-2-19-10-16-9(15)17-11(18-10)20-8-4-6(13)5(12)3-7(8)14/h3-4H,2H2,1H3,(H2,15,16,17,18). The Kier molecular flexibility index (Phi) is 4.69. The maximum absolute atomic E-state index is 5.99. The van der Waals surface area contributed by atoms with Crippen LogP contribution in [0.5, 0.6) is 17.8 Å². The fourth-order valence-corrected chi connectivity index (χ4v) is 1.85. The molecule has 0 spiro atoms. The molecule has 2 rings (SSSR count). The number of hydrogen-bond donors (Lipinski definition) is 1. The van der Waals surface area contributed by atoms with E-state index < -0.39 is 0 Å². The number of benzene rings is 1. The number of nitrogens with two attached hydrogens (primary N) is 1. The summed E-state index contributed by atoms with van der Waals surface area (Å²) in [5.74, 6) is 0.212. The van der Waals surface area contributed by atoms with Crippen molar-refractivity contribution in [2.24, 2.45) is 0 Å². The molecule has 0 saturated heterocycles. The minimum atomic E-state index is -0.0544. The molecule has 1 heterocycles. The van der Waals surface area contributed by atoms with Crippen LogP contribution in [0.1, 0.15) is 6.92 Å². The Labute approximate surface area is 129 Å². The topological polar surface area (TPSA) is 83.2 Å². The number of ether oxygens (including phenoxy) is 2. The van der Waals surface area contributed by atoms with Gasteiger partial charge in [0, 0.05) is 6.07 Å². The summed E-state index contributed by atoms with van der Waals surface area (Å²) in [5, 5.41) is 0.864. The molecule has 0 amide bonds. The zero-order valence-corrected chi connectivity index (χ0v) is 12.5. The van der Waals surface area contributed by atoms with Crippen molar-refractivity contribution in [3.05, 3.63) is 27.2 Å². The fraction of sp³-hybridized carbons (Fsp3) is 0.182. The molecule has 20 heavy (non-hydrogen) atoms. The largest absolute Gasteiger partial charge is 0.464 e. The molecule has 9 heteroatoms. The molecule has 0 fully saturated rings. The summed E-state index contributed by atoms with van der Waals surface area (Å²) in [6.07, 6.45) is 0. The minimum Gasteiger partial charge on any atom is -0.464 e. The molecule has 2 aromatic rings. The zero-order chi connectivity index (χ0) is 14.7. The van der Waals surface area contributed by atoms with E-state index in [0.29, 0.717) is 11.6 Å². The summed E-state index contributed by atoms with van der Waals surface area (Å²) in [6.45, 7) is 2.17. The Morgan fingerprint density at radius 2 is 1.65 bits per heavy atom. The van der Waals surface area contributed by atoms with E-state index in [1.165, 1.54) is 12.1 Å². The van der Waals surface area contributed by atoms with Gasteiger partial charge >= 0.3 is 12.0 Å². The lowest BCUT2D eigenvalue weighted by atomic mass is 10.3. The Morgan fingerprint density at radius 3 is 2.35 bits per heavy atom. The van der Waals surface area contributed by atoms with E-state index in [1.54, 1.807) is 6.92 Å². The molecule has 106 valence electrons. The highest BCUT2D eigenvalue weighted by Gasteiger charge is 2.12. The summed E-state index contributed by atoms with van der Waals surface area (Å²) in [4.78, 5) is 11.5. The van der Waals surface area contributed by atoms with Gasteiger partial charge in [0.1, 0.15) is 0 Å². The molecule has 1 aromatic carbocycles. The van der Waals surface area contributed by atoms with E-state index in [0.717, 1.165) is 0 Å². The molecule has 0 aliphatic carbocycles. The van der Waals surface area contributed by atoms with Crippen molar-refractivity contribution in [3.63, 3.8) is 0 Å². The first-order valence-corrected chi connectivity index (χ1v) is 6.59. The first kappa shape index (κ1) is 14.9. The third-order valence-corrected chi connectivity index (χ3v) is 3.08. The van der Waals surface area contributed by atoms with Crippen LogP contribution in [-0.2, 0) is 0 Å². The van der Waals surface area contributed by atoms with Gasteiger partial charge in [-0.3, -0.25) is 0 Å². The number of hydrogen-bond acceptors (Lipinski definition) is 6. The molecule has 0 aliphatic rings. The Balaban J connectivity index is 2.32. The fourth-order valence-electron chi connectivity index (χ4n) is 1.27. The smallest absolute Gasteiger partial charge is 0.330 e. The zero-order valence-electron chi connectivity index (χ0n) is 10.2. The minimum absolute atomic E-state index is 0.0327. The molecule has 0 atom stereocenters. The molecule has 0 unspecified atom stereocenters. The molecule has 0 saturated carbocycles. The lowest BCUT2D eigenvalue weighted by Crippen LogP contribution is -2.04. The van der Waals surface area contributed by atoms with E-state index in [1.807, 2.05) is 0 Å². The summed E-state index contributed by atoms with van der Waals surface area (Å²) in [5.41, 5.74) is 5.53. The second-order valence-electron chi connectivity index (χ2n) is 3.49. The lowest BCUT2D eigenvalue weighted by molar-refractivity contribution is 0.304. The predicted molar refractivity (Wildman–Crippen MR) is 77.0 cm³/mol. The van der Waals surface area contributed by atoms with Crippen LogP contribution in [0.3, 0.4) is 0 Å². The van der Waals surface area contributed by atoms with E-state index in [2.05, 4.69) is 15.0 Å². The van der Waals surface area contributed by atoms with Gasteiger partial charge in [-0.2, -0.15) is 9.97 Å².